The van der Waals surface area contributed by atoms with Crippen LogP contribution in [0.4, 0.5) is 5.69 Å². The molecule has 0 amide bonds. The van der Waals surface area contributed by atoms with Gasteiger partial charge in [-0.15, -0.1) is 11.3 Å². The largest absolute Gasteiger partial charge is 0.496 e. The van der Waals surface area contributed by atoms with Crippen molar-refractivity contribution in [2.45, 2.75) is 13.2 Å². The molecular formula is C16H16N2O3S. The Morgan fingerprint density at radius 3 is 3.00 bits per heavy atom. The Bertz CT molecular complexity index is 738. The summed E-state index contributed by atoms with van der Waals surface area (Å²) in [5, 5.41) is 15.5. The number of aliphatic hydroxyl groups excluding tert-OH is 1. The molecular weight excluding hydrogens is 300 g/mol. The third-order valence-electron chi connectivity index (χ3n) is 3.21. The van der Waals surface area contributed by atoms with E-state index in [1.807, 2.05) is 35.7 Å². The Morgan fingerprint density at radius 2 is 2.27 bits per heavy atom. The molecule has 6 heteroatoms. The van der Waals surface area contributed by atoms with Crippen LogP contribution in [0, 0.1) is 0 Å². The summed E-state index contributed by atoms with van der Waals surface area (Å²) in [5.41, 5.74) is 2.61. The fraction of sp³-hybridized carbons (Fsp3) is 0.188. The van der Waals surface area contributed by atoms with E-state index >= 15 is 0 Å². The Hall–Kier alpha value is -2.31. The van der Waals surface area contributed by atoms with Gasteiger partial charge in [-0.2, -0.15) is 0 Å². The van der Waals surface area contributed by atoms with E-state index in [9.17, 15) is 5.11 Å². The van der Waals surface area contributed by atoms with Gasteiger partial charge in [0, 0.05) is 16.6 Å². The minimum Gasteiger partial charge on any atom is -0.496 e. The summed E-state index contributed by atoms with van der Waals surface area (Å²) in [5.74, 6) is 1.46. The zero-order valence-corrected chi connectivity index (χ0v) is 12.9. The van der Waals surface area contributed by atoms with Crippen LogP contribution in [0.3, 0.4) is 0 Å². The third-order valence-corrected chi connectivity index (χ3v) is 4.11. The number of hydrogen-bond acceptors (Lipinski definition) is 6. The molecule has 2 N–H and O–H groups in total. The molecule has 0 aliphatic carbocycles. The molecule has 114 valence electrons. The van der Waals surface area contributed by atoms with E-state index in [0.717, 1.165) is 27.7 Å². The maximum Gasteiger partial charge on any atom is 0.162 e. The Morgan fingerprint density at radius 1 is 1.36 bits per heavy atom. The number of aromatic nitrogens is 1. The number of anilines is 1. The van der Waals surface area contributed by atoms with Crippen LogP contribution in [0.5, 0.6) is 5.75 Å². The molecule has 0 bridgehead atoms. The number of methoxy groups -OCH3 is 1. The van der Waals surface area contributed by atoms with Crippen molar-refractivity contribution < 1.29 is 14.3 Å². The van der Waals surface area contributed by atoms with Crippen molar-refractivity contribution in [2.24, 2.45) is 0 Å². The molecule has 0 unspecified atom stereocenters. The summed E-state index contributed by atoms with van der Waals surface area (Å²) in [4.78, 5) is 4.53. The van der Waals surface area contributed by atoms with E-state index in [4.69, 9.17) is 9.15 Å². The number of aliphatic hydroxyl groups is 1. The molecule has 0 spiro atoms. The minimum atomic E-state index is -0.0575. The number of benzene rings is 1. The third kappa shape index (κ3) is 3.13. The van der Waals surface area contributed by atoms with Crippen molar-refractivity contribution >= 4 is 17.0 Å². The molecule has 0 radical (unpaired) electrons. The molecule has 0 aliphatic heterocycles. The van der Waals surface area contributed by atoms with Crippen LogP contribution >= 0.6 is 11.3 Å². The van der Waals surface area contributed by atoms with Crippen LogP contribution in [-0.2, 0) is 13.2 Å². The Labute approximate surface area is 132 Å². The van der Waals surface area contributed by atoms with E-state index < -0.39 is 0 Å². The molecule has 2 aromatic heterocycles. The van der Waals surface area contributed by atoms with Crippen molar-refractivity contribution in [1.82, 2.24) is 4.98 Å². The molecule has 0 aliphatic rings. The summed E-state index contributed by atoms with van der Waals surface area (Å²) in [6.07, 6.45) is 1.64. The lowest BCUT2D eigenvalue weighted by atomic mass is 10.2. The maximum atomic E-state index is 9.34. The fourth-order valence-corrected chi connectivity index (χ4v) is 2.89. The zero-order chi connectivity index (χ0) is 15.4. The lowest BCUT2D eigenvalue weighted by molar-refractivity contribution is 0.274. The predicted molar refractivity (Wildman–Crippen MR) is 86.1 cm³/mol. The van der Waals surface area contributed by atoms with Crippen molar-refractivity contribution in [2.75, 3.05) is 12.4 Å². The first-order valence-corrected chi connectivity index (χ1v) is 7.68. The van der Waals surface area contributed by atoms with Crippen LogP contribution in [-0.4, -0.2) is 17.2 Å². The number of furan rings is 1. The second-order valence-electron chi connectivity index (χ2n) is 4.66. The number of nitrogens with zero attached hydrogens (tertiary/aromatic N) is 1. The van der Waals surface area contributed by atoms with E-state index in [2.05, 4.69) is 10.3 Å². The lowest BCUT2D eigenvalue weighted by Crippen LogP contribution is -2.01. The van der Waals surface area contributed by atoms with Gasteiger partial charge in [0.2, 0.25) is 0 Å². The highest BCUT2D eigenvalue weighted by Crippen LogP contribution is 2.25. The van der Waals surface area contributed by atoms with Gasteiger partial charge in [-0.25, -0.2) is 4.98 Å². The van der Waals surface area contributed by atoms with Crippen molar-refractivity contribution in [3.8, 4) is 16.5 Å². The summed E-state index contributed by atoms with van der Waals surface area (Å²) >= 11 is 1.55. The van der Waals surface area contributed by atoms with Crippen molar-refractivity contribution in [1.29, 1.82) is 0 Å². The van der Waals surface area contributed by atoms with E-state index in [-0.39, 0.29) is 6.61 Å². The average molecular weight is 316 g/mol. The standard InChI is InChI=1S/C16H16N2O3S/c1-20-14-5-4-12(7-11(14)9-19)17-8-13-10-22-16(18-13)15-3-2-6-21-15/h2-7,10,17,19H,8-9H2,1H3. The Kier molecular flexibility index (Phi) is 4.41. The van der Waals surface area contributed by atoms with Crippen LogP contribution in [0.2, 0.25) is 0 Å². The first kappa shape index (κ1) is 14.6. The molecule has 2 heterocycles. The molecule has 0 saturated heterocycles. The highest BCUT2D eigenvalue weighted by atomic mass is 32.1. The number of thiazole rings is 1. The van der Waals surface area contributed by atoms with Gasteiger partial charge in [-0.1, -0.05) is 0 Å². The highest BCUT2D eigenvalue weighted by molar-refractivity contribution is 7.13. The molecule has 22 heavy (non-hydrogen) atoms. The minimum absolute atomic E-state index is 0.0575. The van der Waals surface area contributed by atoms with E-state index in [1.165, 1.54) is 0 Å². The predicted octanol–water partition coefficient (Wildman–Crippen LogP) is 3.52. The van der Waals surface area contributed by atoms with Gasteiger partial charge in [0.05, 0.1) is 32.2 Å². The number of rotatable bonds is 6. The van der Waals surface area contributed by atoms with Gasteiger partial charge in [0.15, 0.2) is 10.8 Å². The summed E-state index contributed by atoms with van der Waals surface area (Å²) in [6, 6.07) is 9.37. The van der Waals surface area contributed by atoms with Crippen LogP contribution < -0.4 is 10.1 Å². The first-order valence-electron chi connectivity index (χ1n) is 6.80. The molecule has 1 aromatic carbocycles. The molecule has 0 saturated carbocycles. The topological polar surface area (TPSA) is 67.5 Å². The normalized spacial score (nSPS) is 10.6. The van der Waals surface area contributed by atoms with Crippen LogP contribution in [0.25, 0.3) is 10.8 Å². The summed E-state index contributed by atoms with van der Waals surface area (Å²) < 4.78 is 10.5. The van der Waals surface area contributed by atoms with Gasteiger partial charge in [-0.3, -0.25) is 0 Å². The van der Waals surface area contributed by atoms with Gasteiger partial charge in [0.1, 0.15) is 5.75 Å². The monoisotopic (exact) mass is 316 g/mol. The second kappa shape index (κ2) is 6.64. The SMILES string of the molecule is COc1ccc(NCc2csc(-c3ccco3)n2)cc1CO. The van der Waals surface area contributed by atoms with E-state index in [0.29, 0.717) is 12.3 Å². The number of nitrogens with one attached hydrogen (secondary N) is 1. The first-order chi connectivity index (χ1) is 10.8. The molecule has 5 nitrogen and oxygen atoms in total. The smallest absolute Gasteiger partial charge is 0.162 e. The number of ether oxygens (including phenoxy) is 1. The van der Waals surface area contributed by atoms with Crippen molar-refractivity contribution in [3.05, 3.63) is 53.2 Å². The fourth-order valence-electron chi connectivity index (χ4n) is 2.11. The summed E-state index contributed by atoms with van der Waals surface area (Å²) in [6.45, 7) is 0.548. The zero-order valence-electron chi connectivity index (χ0n) is 12.1. The maximum absolute atomic E-state index is 9.34. The lowest BCUT2D eigenvalue weighted by Gasteiger charge is -2.10. The molecule has 0 atom stereocenters. The van der Waals surface area contributed by atoms with Gasteiger partial charge in [0.25, 0.3) is 0 Å². The molecule has 3 rings (SSSR count). The van der Waals surface area contributed by atoms with Crippen LogP contribution in [0.15, 0.2) is 46.4 Å². The second-order valence-corrected chi connectivity index (χ2v) is 5.52. The van der Waals surface area contributed by atoms with Gasteiger partial charge < -0.3 is 19.6 Å². The van der Waals surface area contributed by atoms with Crippen molar-refractivity contribution in [3.63, 3.8) is 0 Å². The highest BCUT2D eigenvalue weighted by Gasteiger charge is 2.08. The quantitative estimate of drug-likeness (QED) is 0.728. The number of hydrogen-bond donors (Lipinski definition) is 2. The molecule has 3 aromatic rings. The van der Waals surface area contributed by atoms with Crippen LogP contribution in [0.1, 0.15) is 11.3 Å². The Balaban J connectivity index is 1.68. The van der Waals surface area contributed by atoms with Gasteiger partial charge in [-0.05, 0) is 30.3 Å². The summed E-state index contributed by atoms with van der Waals surface area (Å²) in [7, 11) is 1.59. The molecule has 0 fully saturated rings. The average Bonchev–Trinajstić information content (AvgIpc) is 3.23. The van der Waals surface area contributed by atoms with Gasteiger partial charge >= 0.3 is 0 Å². The van der Waals surface area contributed by atoms with E-state index in [1.54, 1.807) is 24.7 Å².